The molecule has 130 valence electrons. The Balaban J connectivity index is 1.68. The van der Waals surface area contributed by atoms with Gasteiger partial charge >= 0.3 is 0 Å². The number of hydrogen-bond acceptors (Lipinski definition) is 5. The largest absolute Gasteiger partial charge is 0.496 e. The number of para-hydroxylation sites is 1. The lowest BCUT2D eigenvalue weighted by Gasteiger charge is -2.06. The number of thiazole rings is 1. The van der Waals surface area contributed by atoms with E-state index in [4.69, 9.17) is 4.74 Å². The van der Waals surface area contributed by atoms with Crippen molar-refractivity contribution in [3.8, 4) is 16.3 Å². The zero-order chi connectivity index (χ0) is 18.1. The third kappa shape index (κ3) is 2.97. The molecule has 26 heavy (non-hydrogen) atoms. The fourth-order valence-electron chi connectivity index (χ4n) is 2.74. The van der Waals surface area contributed by atoms with Gasteiger partial charge in [0.15, 0.2) is 0 Å². The summed E-state index contributed by atoms with van der Waals surface area (Å²) in [6.45, 7) is 0.296. The van der Waals surface area contributed by atoms with Gasteiger partial charge in [0, 0.05) is 11.4 Å². The average Bonchev–Trinajstić information content (AvgIpc) is 3.12. The summed E-state index contributed by atoms with van der Waals surface area (Å²) in [5, 5.41) is 3.11. The monoisotopic (exact) mass is 367 g/mol. The van der Waals surface area contributed by atoms with Crippen LogP contribution in [0.5, 0.6) is 5.75 Å². The Hall–Kier alpha value is -3.06. The van der Waals surface area contributed by atoms with Crippen LogP contribution in [0.3, 0.4) is 0 Å². The normalized spacial score (nSPS) is 11.0. The van der Waals surface area contributed by atoms with Crippen molar-refractivity contribution in [2.24, 2.45) is 0 Å². The van der Waals surface area contributed by atoms with Crippen molar-refractivity contribution in [3.63, 3.8) is 0 Å². The molecule has 5 nitrogen and oxygen atoms in total. The lowest BCUT2D eigenvalue weighted by atomic mass is 10.2. The highest BCUT2D eigenvalue weighted by Gasteiger charge is 2.11. The van der Waals surface area contributed by atoms with Crippen LogP contribution in [0.25, 0.3) is 21.5 Å². The van der Waals surface area contributed by atoms with Gasteiger partial charge in [0.2, 0.25) is 0 Å². The molecule has 7 heteroatoms. The highest BCUT2D eigenvalue weighted by molar-refractivity contribution is 7.13. The standard InChI is InChI=1S/C19H14FN3O2S/c1-25-17-5-3-2-4-15(17)18-22-13(10-26-18)9-23-11-21-16-8-12(20)6-7-14(16)19(23)24/h2-8,10-11H,9H2,1H3. The van der Waals surface area contributed by atoms with E-state index in [-0.39, 0.29) is 5.56 Å². The van der Waals surface area contributed by atoms with Crippen LogP contribution < -0.4 is 10.3 Å². The predicted octanol–water partition coefficient (Wildman–Crippen LogP) is 3.72. The van der Waals surface area contributed by atoms with E-state index in [1.165, 1.54) is 40.4 Å². The summed E-state index contributed by atoms with van der Waals surface area (Å²) in [7, 11) is 1.62. The summed E-state index contributed by atoms with van der Waals surface area (Å²) in [6, 6.07) is 11.6. The topological polar surface area (TPSA) is 57.0 Å². The van der Waals surface area contributed by atoms with E-state index in [0.717, 1.165) is 22.0 Å². The number of benzene rings is 2. The minimum atomic E-state index is -0.414. The molecule has 4 aromatic rings. The van der Waals surface area contributed by atoms with E-state index in [9.17, 15) is 9.18 Å². The Labute approximate surface area is 152 Å². The quantitative estimate of drug-likeness (QED) is 0.552. The van der Waals surface area contributed by atoms with E-state index in [0.29, 0.717) is 17.4 Å². The van der Waals surface area contributed by atoms with Gasteiger partial charge in [-0.3, -0.25) is 9.36 Å². The van der Waals surface area contributed by atoms with E-state index in [1.807, 2.05) is 29.6 Å². The first-order valence-corrected chi connectivity index (χ1v) is 8.76. The van der Waals surface area contributed by atoms with E-state index in [2.05, 4.69) is 9.97 Å². The van der Waals surface area contributed by atoms with Gasteiger partial charge in [-0.05, 0) is 24.3 Å². The SMILES string of the molecule is COc1ccccc1-c1nc(Cn2cnc3cc(F)ccc3c2=O)cs1. The molecule has 0 bridgehead atoms. The number of ether oxygens (including phenoxy) is 1. The van der Waals surface area contributed by atoms with Crippen molar-refractivity contribution in [1.82, 2.24) is 14.5 Å². The average molecular weight is 367 g/mol. The molecule has 2 aromatic heterocycles. The number of rotatable bonds is 4. The van der Waals surface area contributed by atoms with Crippen LogP contribution in [0.15, 0.2) is 59.0 Å². The number of fused-ring (bicyclic) bond motifs is 1. The minimum absolute atomic E-state index is 0.221. The second-order valence-corrected chi connectivity index (χ2v) is 6.54. The second kappa shape index (κ2) is 6.68. The van der Waals surface area contributed by atoms with Crippen LogP contribution in [-0.2, 0) is 6.54 Å². The Bertz CT molecular complexity index is 1150. The van der Waals surface area contributed by atoms with Crippen LogP contribution in [0.2, 0.25) is 0 Å². The van der Waals surface area contributed by atoms with Crippen molar-refractivity contribution in [3.05, 3.63) is 76.0 Å². The third-order valence-corrected chi connectivity index (χ3v) is 4.93. The van der Waals surface area contributed by atoms with Gasteiger partial charge < -0.3 is 4.74 Å². The molecule has 4 rings (SSSR count). The van der Waals surface area contributed by atoms with Gasteiger partial charge in [-0.2, -0.15) is 0 Å². The second-order valence-electron chi connectivity index (χ2n) is 5.68. The van der Waals surface area contributed by atoms with E-state index in [1.54, 1.807) is 7.11 Å². The molecule has 0 amide bonds. The van der Waals surface area contributed by atoms with Crippen LogP contribution in [-0.4, -0.2) is 21.6 Å². The fourth-order valence-corrected chi connectivity index (χ4v) is 3.58. The van der Waals surface area contributed by atoms with Crippen molar-refractivity contribution in [2.75, 3.05) is 7.11 Å². The number of methoxy groups -OCH3 is 1. The summed E-state index contributed by atoms with van der Waals surface area (Å²) in [5.41, 5.74) is 1.79. The molecule has 0 spiro atoms. The molecular weight excluding hydrogens is 353 g/mol. The summed E-state index contributed by atoms with van der Waals surface area (Å²) in [4.78, 5) is 21.4. The number of aromatic nitrogens is 3. The smallest absolute Gasteiger partial charge is 0.261 e. The van der Waals surface area contributed by atoms with Gasteiger partial charge in [-0.25, -0.2) is 14.4 Å². The van der Waals surface area contributed by atoms with Crippen molar-refractivity contribution in [1.29, 1.82) is 0 Å². The van der Waals surface area contributed by atoms with Gasteiger partial charge in [-0.1, -0.05) is 12.1 Å². The molecule has 0 fully saturated rings. The highest BCUT2D eigenvalue weighted by Crippen LogP contribution is 2.31. The van der Waals surface area contributed by atoms with Crippen LogP contribution in [0.4, 0.5) is 4.39 Å². The zero-order valence-electron chi connectivity index (χ0n) is 13.8. The first kappa shape index (κ1) is 16.4. The maximum absolute atomic E-state index is 13.3. The number of hydrogen-bond donors (Lipinski definition) is 0. The van der Waals surface area contributed by atoms with Crippen molar-refractivity contribution < 1.29 is 9.13 Å². The molecule has 0 aliphatic carbocycles. The number of nitrogens with zero attached hydrogens (tertiary/aromatic N) is 3. The van der Waals surface area contributed by atoms with Crippen LogP contribution in [0.1, 0.15) is 5.69 Å². The first-order valence-electron chi connectivity index (χ1n) is 7.88. The predicted molar refractivity (Wildman–Crippen MR) is 99.2 cm³/mol. The summed E-state index contributed by atoms with van der Waals surface area (Å²) in [5.74, 6) is 0.336. The molecule has 0 radical (unpaired) electrons. The van der Waals surface area contributed by atoms with Crippen LogP contribution >= 0.6 is 11.3 Å². The molecule has 0 saturated heterocycles. The molecule has 0 saturated carbocycles. The fraction of sp³-hybridized carbons (Fsp3) is 0.105. The molecule has 2 aromatic carbocycles. The third-order valence-electron chi connectivity index (χ3n) is 4.01. The van der Waals surface area contributed by atoms with Crippen molar-refractivity contribution >= 4 is 22.2 Å². The maximum Gasteiger partial charge on any atom is 0.261 e. The lowest BCUT2D eigenvalue weighted by molar-refractivity contribution is 0.416. The Morgan fingerprint density at radius 2 is 2.08 bits per heavy atom. The molecule has 0 N–H and O–H groups in total. The maximum atomic E-state index is 13.3. The summed E-state index contributed by atoms with van der Waals surface area (Å²) >= 11 is 1.49. The Morgan fingerprint density at radius 3 is 2.92 bits per heavy atom. The van der Waals surface area contributed by atoms with Gasteiger partial charge in [0.25, 0.3) is 5.56 Å². The van der Waals surface area contributed by atoms with E-state index < -0.39 is 5.82 Å². The van der Waals surface area contributed by atoms with E-state index >= 15 is 0 Å². The molecular formula is C19H14FN3O2S. The highest BCUT2D eigenvalue weighted by atomic mass is 32.1. The minimum Gasteiger partial charge on any atom is -0.496 e. The summed E-state index contributed by atoms with van der Waals surface area (Å²) in [6.07, 6.45) is 1.42. The molecule has 0 aliphatic heterocycles. The van der Waals surface area contributed by atoms with Gasteiger partial charge in [-0.15, -0.1) is 11.3 Å². The summed E-state index contributed by atoms with van der Waals surface area (Å²) < 4.78 is 20.1. The van der Waals surface area contributed by atoms with Gasteiger partial charge in [0.05, 0.1) is 42.1 Å². The molecule has 0 atom stereocenters. The molecule has 2 heterocycles. The number of halogens is 1. The molecule has 0 unspecified atom stereocenters. The van der Waals surface area contributed by atoms with Crippen LogP contribution in [0, 0.1) is 5.82 Å². The van der Waals surface area contributed by atoms with Crippen molar-refractivity contribution in [2.45, 2.75) is 6.54 Å². The lowest BCUT2D eigenvalue weighted by Crippen LogP contribution is -2.21. The Morgan fingerprint density at radius 1 is 1.23 bits per heavy atom. The Kier molecular flexibility index (Phi) is 4.22. The first-order chi connectivity index (χ1) is 12.7. The zero-order valence-corrected chi connectivity index (χ0v) is 14.7. The molecule has 0 aliphatic rings. The van der Waals surface area contributed by atoms with Gasteiger partial charge in [0.1, 0.15) is 16.6 Å².